The highest BCUT2D eigenvalue weighted by Crippen LogP contribution is 2.23. The van der Waals surface area contributed by atoms with Gasteiger partial charge in [0, 0.05) is 31.0 Å². The number of hydrogen-bond donors (Lipinski definition) is 1. The number of pyridine rings is 1. The first-order chi connectivity index (χ1) is 8.22. The van der Waals surface area contributed by atoms with Crippen LogP contribution in [0.5, 0.6) is 0 Å². The van der Waals surface area contributed by atoms with E-state index in [1.54, 1.807) is 0 Å². The van der Waals surface area contributed by atoms with Crippen LogP contribution in [0.4, 0.5) is 5.82 Å². The minimum absolute atomic E-state index is 0.0474. The third-order valence-corrected chi connectivity index (χ3v) is 3.13. The molecule has 0 saturated carbocycles. The Kier molecular flexibility index (Phi) is 3.97. The number of rotatable bonds is 2. The van der Waals surface area contributed by atoms with Crippen molar-refractivity contribution in [1.29, 1.82) is 0 Å². The molecule has 1 aromatic rings. The summed E-state index contributed by atoms with van der Waals surface area (Å²) in [6.45, 7) is 7.41. The molecule has 2 heterocycles. The van der Waals surface area contributed by atoms with Crippen molar-refractivity contribution in [3.8, 4) is 0 Å². The van der Waals surface area contributed by atoms with E-state index in [9.17, 15) is 5.11 Å². The Morgan fingerprint density at radius 1 is 1.35 bits per heavy atom. The van der Waals surface area contributed by atoms with E-state index >= 15 is 0 Å². The van der Waals surface area contributed by atoms with Crippen LogP contribution in [0.1, 0.15) is 23.2 Å². The minimum atomic E-state index is 0.0474. The van der Waals surface area contributed by atoms with Gasteiger partial charge in [-0.2, -0.15) is 0 Å². The molecule has 1 saturated heterocycles. The van der Waals surface area contributed by atoms with Crippen molar-refractivity contribution in [3.63, 3.8) is 0 Å². The molecule has 17 heavy (non-hydrogen) atoms. The maximum absolute atomic E-state index is 9.49. The van der Waals surface area contributed by atoms with Crippen LogP contribution in [0.15, 0.2) is 6.07 Å². The van der Waals surface area contributed by atoms with Gasteiger partial charge in [-0.1, -0.05) is 0 Å². The summed E-state index contributed by atoms with van der Waals surface area (Å²) < 4.78 is 5.45. The predicted molar refractivity (Wildman–Crippen MR) is 67.3 cm³/mol. The van der Waals surface area contributed by atoms with E-state index in [0.29, 0.717) is 0 Å². The first-order valence-electron chi connectivity index (χ1n) is 6.13. The van der Waals surface area contributed by atoms with Gasteiger partial charge in [0.05, 0.1) is 13.2 Å². The lowest BCUT2D eigenvalue weighted by Crippen LogP contribution is -2.28. The van der Waals surface area contributed by atoms with Crippen LogP contribution < -0.4 is 4.90 Å². The normalized spacial score (nSPS) is 17.0. The summed E-state index contributed by atoms with van der Waals surface area (Å²) in [5.41, 5.74) is 3.05. The van der Waals surface area contributed by atoms with Gasteiger partial charge in [0.1, 0.15) is 5.82 Å². The third-order valence-electron chi connectivity index (χ3n) is 3.13. The molecule has 1 fully saturated rings. The van der Waals surface area contributed by atoms with Crippen LogP contribution >= 0.6 is 0 Å². The smallest absolute Gasteiger partial charge is 0.134 e. The van der Waals surface area contributed by atoms with E-state index in [4.69, 9.17) is 4.74 Å². The summed E-state index contributed by atoms with van der Waals surface area (Å²) in [7, 11) is 0. The van der Waals surface area contributed by atoms with E-state index < -0.39 is 0 Å². The van der Waals surface area contributed by atoms with Crippen LogP contribution in [-0.4, -0.2) is 36.4 Å². The molecule has 1 N–H and O–H groups in total. The molecule has 1 aromatic heterocycles. The fourth-order valence-corrected chi connectivity index (χ4v) is 2.26. The average Bonchev–Trinajstić information content (AvgIpc) is 2.56. The van der Waals surface area contributed by atoms with Gasteiger partial charge in [-0.05, 0) is 31.9 Å². The molecule has 0 amide bonds. The van der Waals surface area contributed by atoms with Crippen molar-refractivity contribution in [3.05, 3.63) is 22.9 Å². The van der Waals surface area contributed by atoms with Gasteiger partial charge < -0.3 is 14.7 Å². The highest BCUT2D eigenvalue weighted by Gasteiger charge is 2.16. The van der Waals surface area contributed by atoms with Gasteiger partial charge in [0.25, 0.3) is 0 Å². The van der Waals surface area contributed by atoms with Crippen molar-refractivity contribution in [2.45, 2.75) is 26.9 Å². The molecule has 0 aliphatic carbocycles. The molecule has 0 atom stereocenters. The monoisotopic (exact) mass is 236 g/mol. The number of nitrogens with zero attached hydrogens (tertiary/aromatic N) is 2. The van der Waals surface area contributed by atoms with Gasteiger partial charge in [-0.15, -0.1) is 0 Å². The molecular weight excluding hydrogens is 216 g/mol. The van der Waals surface area contributed by atoms with Gasteiger partial charge >= 0.3 is 0 Å². The number of aryl methyl sites for hydroxylation is 2. The quantitative estimate of drug-likeness (QED) is 0.843. The Morgan fingerprint density at radius 3 is 2.94 bits per heavy atom. The Hall–Kier alpha value is -1.13. The predicted octanol–water partition coefficient (Wildman–Crippen LogP) is 1.42. The lowest BCUT2D eigenvalue weighted by molar-refractivity contribution is 0.152. The molecule has 0 unspecified atom stereocenters. The van der Waals surface area contributed by atoms with Crippen LogP contribution in [0.3, 0.4) is 0 Å². The zero-order valence-corrected chi connectivity index (χ0v) is 10.6. The molecule has 4 heteroatoms. The SMILES string of the molecule is Cc1cc(C)c(CO)c(N2CCCOCC2)n1. The number of anilines is 1. The second-order valence-electron chi connectivity index (χ2n) is 4.49. The topological polar surface area (TPSA) is 45.6 Å². The number of aliphatic hydroxyl groups is 1. The lowest BCUT2D eigenvalue weighted by atomic mass is 10.1. The first kappa shape index (κ1) is 12.3. The molecular formula is C13H20N2O2. The Labute approximate surface area is 102 Å². The summed E-state index contributed by atoms with van der Waals surface area (Å²) in [5.74, 6) is 0.926. The average molecular weight is 236 g/mol. The van der Waals surface area contributed by atoms with Crippen molar-refractivity contribution in [2.75, 3.05) is 31.2 Å². The largest absolute Gasteiger partial charge is 0.392 e. The maximum atomic E-state index is 9.49. The fourth-order valence-electron chi connectivity index (χ4n) is 2.26. The zero-order chi connectivity index (χ0) is 12.3. The van der Waals surface area contributed by atoms with Crippen molar-refractivity contribution < 1.29 is 9.84 Å². The van der Waals surface area contributed by atoms with Gasteiger partial charge in [0.15, 0.2) is 0 Å². The summed E-state index contributed by atoms with van der Waals surface area (Å²) >= 11 is 0. The second kappa shape index (κ2) is 5.47. The van der Waals surface area contributed by atoms with Crippen LogP contribution in [0, 0.1) is 13.8 Å². The molecule has 94 valence electrons. The molecule has 1 aliphatic rings. The minimum Gasteiger partial charge on any atom is -0.392 e. The van der Waals surface area contributed by atoms with Crippen LogP contribution in [0.2, 0.25) is 0 Å². The van der Waals surface area contributed by atoms with Crippen molar-refractivity contribution in [1.82, 2.24) is 4.98 Å². The molecule has 2 rings (SSSR count). The highest BCUT2D eigenvalue weighted by molar-refractivity contribution is 5.51. The summed E-state index contributed by atoms with van der Waals surface area (Å²) in [5, 5.41) is 9.49. The molecule has 1 aliphatic heterocycles. The van der Waals surface area contributed by atoms with Gasteiger partial charge in [-0.3, -0.25) is 0 Å². The Balaban J connectivity index is 2.34. The Bertz CT molecular complexity index is 385. The van der Waals surface area contributed by atoms with Gasteiger partial charge in [-0.25, -0.2) is 4.98 Å². The van der Waals surface area contributed by atoms with E-state index in [2.05, 4.69) is 9.88 Å². The zero-order valence-electron chi connectivity index (χ0n) is 10.6. The summed E-state index contributed by atoms with van der Waals surface area (Å²) in [6, 6.07) is 2.02. The number of aromatic nitrogens is 1. The lowest BCUT2D eigenvalue weighted by Gasteiger charge is -2.24. The number of aliphatic hydroxyl groups excluding tert-OH is 1. The number of ether oxygens (including phenoxy) is 1. The van der Waals surface area contributed by atoms with E-state index in [0.717, 1.165) is 55.4 Å². The number of hydrogen-bond acceptors (Lipinski definition) is 4. The molecule has 0 aromatic carbocycles. The highest BCUT2D eigenvalue weighted by atomic mass is 16.5. The second-order valence-corrected chi connectivity index (χ2v) is 4.49. The maximum Gasteiger partial charge on any atom is 0.134 e. The van der Waals surface area contributed by atoms with Crippen LogP contribution in [0.25, 0.3) is 0 Å². The first-order valence-corrected chi connectivity index (χ1v) is 6.13. The fraction of sp³-hybridized carbons (Fsp3) is 0.615. The van der Waals surface area contributed by atoms with Crippen molar-refractivity contribution >= 4 is 5.82 Å². The van der Waals surface area contributed by atoms with Gasteiger partial charge in [0.2, 0.25) is 0 Å². The molecule has 0 bridgehead atoms. The van der Waals surface area contributed by atoms with E-state index in [1.165, 1.54) is 0 Å². The molecule has 4 nitrogen and oxygen atoms in total. The standard InChI is InChI=1S/C13H20N2O2/c1-10-8-11(2)14-13(12(10)9-16)15-4-3-6-17-7-5-15/h8,16H,3-7,9H2,1-2H3. The van der Waals surface area contributed by atoms with E-state index in [-0.39, 0.29) is 6.61 Å². The molecule has 0 radical (unpaired) electrons. The third kappa shape index (κ3) is 2.76. The van der Waals surface area contributed by atoms with Crippen LogP contribution in [-0.2, 0) is 11.3 Å². The summed E-state index contributed by atoms with van der Waals surface area (Å²) in [4.78, 5) is 6.80. The van der Waals surface area contributed by atoms with E-state index in [1.807, 2.05) is 19.9 Å². The Morgan fingerprint density at radius 2 is 2.18 bits per heavy atom. The summed E-state index contributed by atoms with van der Waals surface area (Å²) in [6.07, 6.45) is 1.01. The van der Waals surface area contributed by atoms with Crippen molar-refractivity contribution in [2.24, 2.45) is 0 Å². The molecule has 0 spiro atoms.